The summed E-state index contributed by atoms with van der Waals surface area (Å²) in [5.74, 6) is 0.271. The Morgan fingerprint density at radius 2 is 2.13 bits per heavy atom. The molecule has 5 nitrogen and oxygen atoms in total. The normalized spacial score (nSPS) is 13.8. The van der Waals surface area contributed by atoms with Crippen molar-refractivity contribution < 1.29 is 14.3 Å². The number of carbonyl (C=O) groups is 2. The first kappa shape index (κ1) is 15.8. The number of benzene rings is 1. The Morgan fingerprint density at radius 1 is 1.35 bits per heavy atom. The molecule has 2 aromatic rings. The third-order valence-corrected chi connectivity index (χ3v) is 4.55. The highest BCUT2D eigenvalue weighted by molar-refractivity contribution is 7.99. The molecule has 1 amide bonds. The predicted molar refractivity (Wildman–Crippen MR) is 89.6 cm³/mol. The molecule has 1 aromatic heterocycles. The number of para-hydroxylation sites is 1. The summed E-state index contributed by atoms with van der Waals surface area (Å²) < 4.78 is 4.63. The van der Waals surface area contributed by atoms with Crippen LogP contribution in [0.3, 0.4) is 0 Å². The predicted octanol–water partition coefficient (Wildman–Crippen LogP) is 2.78. The van der Waals surface area contributed by atoms with Gasteiger partial charge in [0, 0.05) is 17.2 Å². The van der Waals surface area contributed by atoms with Crippen molar-refractivity contribution >= 4 is 34.5 Å². The number of nitrogens with zero attached hydrogens (tertiary/aromatic N) is 1. The molecule has 0 bridgehead atoms. The van der Waals surface area contributed by atoms with Crippen LogP contribution >= 0.6 is 11.8 Å². The van der Waals surface area contributed by atoms with E-state index in [1.54, 1.807) is 0 Å². The second-order valence-electron chi connectivity index (χ2n) is 5.45. The van der Waals surface area contributed by atoms with Crippen LogP contribution in [0.25, 0.3) is 10.9 Å². The summed E-state index contributed by atoms with van der Waals surface area (Å²) in [6, 6.07) is 9.73. The molecule has 6 heteroatoms. The Balaban J connectivity index is 1.83. The van der Waals surface area contributed by atoms with Crippen LogP contribution in [0.5, 0.6) is 0 Å². The quantitative estimate of drug-likeness (QED) is 0.651. The van der Waals surface area contributed by atoms with Crippen molar-refractivity contribution in [2.75, 3.05) is 12.9 Å². The first-order valence-corrected chi connectivity index (χ1v) is 8.56. The van der Waals surface area contributed by atoms with E-state index in [1.165, 1.54) is 18.9 Å². The maximum atomic E-state index is 12.5. The lowest BCUT2D eigenvalue weighted by Crippen LogP contribution is -2.25. The number of hydrogen-bond acceptors (Lipinski definition) is 5. The van der Waals surface area contributed by atoms with E-state index in [4.69, 9.17) is 0 Å². The molecular weight excluding hydrogens is 312 g/mol. The van der Waals surface area contributed by atoms with Crippen molar-refractivity contribution in [3.63, 3.8) is 0 Å². The SMILES string of the molecule is COC(=O)CCSc1cc(C(=O)NC2CC2)c2ccccc2n1. The molecule has 1 fully saturated rings. The van der Waals surface area contributed by atoms with Gasteiger partial charge in [-0.1, -0.05) is 18.2 Å². The summed E-state index contributed by atoms with van der Waals surface area (Å²) in [5, 5.41) is 4.62. The highest BCUT2D eigenvalue weighted by atomic mass is 32.2. The van der Waals surface area contributed by atoms with Gasteiger partial charge >= 0.3 is 5.97 Å². The Morgan fingerprint density at radius 3 is 2.87 bits per heavy atom. The van der Waals surface area contributed by atoms with E-state index in [1.807, 2.05) is 30.3 Å². The number of pyridine rings is 1. The number of hydrogen-bond donors (Lipinski definition) is 1. The van der Waals surface area contributed by atoms with Gasteiger partial charge in [0.15, 0.2) is 0 Å². The number of esters is 1. The van der Waals surface area contributed by atoms with E-state index in [0.717, 1.165) is 28.8 Å². The lowest BCUT2D eigenvalue weighted by molar-refractivity contribution is -0.140. The topological polar surface area (TPSA) is 68.3 Å². The van der Waals surface area contributed by atoms with Crippen molar-refractivity contribution in [2.24, 2.45) is 0 Å². The van der Waals surface area contributed by atoms with Crippen LogP contribution in [-0.2, 0) is 9.53 Å². The number of ether oxygens (including phenoxy) is 1. The number of aromatic nitrogens is 1. The molecule has 120 valence electrons. The molecule has 0 unspecified atom stereocenters. The van der Waals surface area contributed by atoms with Crippen molar-refractivity contribution in [2.45, 2.75) is 30.3 Å². The van der Waals surface area contributed by atoms with Crippen molar-refractivity contribution in [3.8, 4) is 0 Å². The van der Waals surface area contributed by atoms with Gasteiger partial charge in [0.1, 0.15) is 0 Å². The molecule has 0 aliphatic heterocycles. The van der Waals surface area contributed by atoms with Gasteiger partial charge in [-0.05, 0) is 25.0 Å². The summed E-state index contributed by atoms with van der Waals surface area (Å²) in [6.45, 7) is 0. The monoisotopic (exact) mass is 330 g/mol. The van der Waals surface area contributed by atoms with Gasteiger partial charge in [-0.3, -0.25) is 9.59 Å². The average Bonchev–Trinajstić information content (AvgIpc) is 3.37. The molecule has 3 rings (SSSR count). The number of amides is 1. The van der Waals surface area contributed by atoms with E-state index in [2.05, 4.69) is 15.0 Å². The van der Waals surface area contributed by atoms with Crippen LogP contribution in [0.1, 0.15) is 29.6 Å². The Hall–Kier alpha value is -2.08. The molecule has 0 saturated heterocycles. The minimum atomic E-state index is -0.245. The lowest BCUT2D eigenvalue weighted by atomic mass is 10.1. The number of fused-ring (bicyclic) bond motifs is 1. The van der Waals surface area contributed by atoms with E-state index in [9.17, 15) is 9.59 Å². The molecule has 1 aliphatic rings. The first-order chi connectivity index (χ1) is 11.2. The maximum Gasteiger partial charge on any atom is 0.306 e. The van der Waals surface area contributed by atoms with Crippen LogP contribution in [-0.4, -0.2) is 35.8 Å². The summed E-state index contributed by atoms with van der Waals surface area (Å²) >= 11 is 1.45. The molecule has 0 radical (unpaired) electrons. The van der Waals surface area contributed by atoms with E-state index >= 15 is 0 Å². The van der Waals surface area contributed by atoms with Crippen LogP contribution in [0.2, 0.25) is 0 Å². The Kier molecular flexibility index (Phi) is 4.81. The summed E-state index contributed by atoms with van der Waals surface area (Å²) in [5.41, 5.74) is 1.43. The highest BCUT2D eigenvalue weighted by Crippen LogP contribution is 2.26. The third-order valence-electron chi connectivity index (χ3n) is 3.63. The number of nitrogens with one attached hydrogen (secondary N) is 1. The highest BCUT2D eigenvalue weighted by Gasteiger charge is 2.25. The van der Waals surface area contributed by atoms with Crippen molar-refractivity contribution in [1.82, 2.24) is 10.3 Å². The molecule has 23 heavy (non-hydrogen) atoms. The fraction of sp³-hybridized carbons (Fsp3) is 0.353. The van der Waals surface area contributed by atoms with Crippen LogP contribution < -0.4 is 5.32 Å². The van der Waals surface area contributed by atoms with Gasteiger partial charge in [-0.2, -0.15) is 0 Å². The zero-order valence-corrected chi connectivity index (χ0v) is 13.7. The van der Waals surface area contributed by atoms with Gasteiger partial charge in [0.2, 0.25) is 0 Å². The molecule has 1 saturated carbocycles. The van der Waals surface area contributed by atoms with Crippen LogP contribution in [0.15, 0.2) is 35.4 Å². The Bertz CT molecular complexity index is 744. The molecule has 0 spiro atoms. The summed E-state index contributed by atoms with van der Waals surface area (Å²) in [7, 11) is 1.38. The standard InChI is InChI=1S/C17H18N2O3S/c1-22-16(20)8-9-23-15-10-13(17(21)18-11-6-7-11)12-4-2-3-5-14(12)19-15/h2-5,10-11H,6-9H2,1H3,(H,18,21). The molecular formula is C17H18N2O3S. The van der Waals surface area contributed by atoms with Gasteiger partial charge in [-0.25, -0.2) is 4.98 Å². The molecule has 1 heterocycles. The minimum absolute atomic E-state index is 0.0547. The molecule has 1 N–H and O–H groups in total. The average molecular weight is 330 g/mol. The molecule has 0 atom stereocenters. The van der Waals surface area contributed by atoms with Gasteiger partial charge < -0.3 is 10.1 Å². The number of rotatable bonds is 6. The molecule has 1 aliphatic carbocycles. The van der Waals surface area contributed by atoms with Gasteiger partial charge in [0.25, 0.3) is 5.91 Å². The summed E-state index contributed by atoms with van der Waals surface area (Å²) in [6.07, 6.45) is 2.42. The number of thioether (sulfide) groups is 1. The number of methoxy groups -OCH3 is 1. The zero-order chi connectivity index (χ0) is 16.2. The summed E-state index contributed by atoms with van der Waals surface area (Å²) in [4.78, 5) is 28.2. The van der Waals surface area contributed by atoms with Crippen LogP contribution in [0.4, 0.5) is 0 Å². The minimum Gasteiger partial charge on any atom is -0.469 e. The molecule has 1 aromatic carbocycles. The largest absolute Gasteiger partial charge is 0.469 e. The zero-order valence-electron chi connectivity index (χ0n) is 12.9. The maximum absolute atomic E-state index is 12.5. The fourth-order valence-corrected chi connectivity index (χ4v) is 3.09. The second kappa shape index (κ2) is 7.00. The lowest BCUT2D eigenvalue weighted by Gasteiger charge is -2.09. The second-order valence-corrected chi connectivity index (χ2v) is 6.56. The van der Waals surface area contributed by atoms with Gasteiger partial charge in [0.05, 0.1) is 29.6 Å². The number of carbonyl (C=O) groups excluding carboxylic acids is 2. The Labute approximate surface area is 138 Å². The van der Waals surface area contributed by atoms with E-state index in [0.29, 0.717) is 23.8 Å². The smallest absolute Gasteiger partial charge is 0.306 e. The van der Waals surface area contributed by atoms with Crippen molar-refractivity contribution in [3.05, 3.63) is 35.9 Å². The van der Waals surface area contributed by atoms with Crippen molar-refractivity contribution in [1.29, 1.82) is 0 Å². The van der Waals surface area contributed by atoms with E-state index < -0.39 is 0 Å². The first-order valence-electron chi connectivity index (χ1n) is 7.57. The van der Waals surface area contributed by atoms with Crippen LogP contribution in [0, 0.1) is 0 Å². The third kappa shape index (κ3) is 4.01. The fourth-order valence-electron chi connectivity index (χ4n) is 2.24. The van der Waals surface area contributed by atoms with E-state index in [-0.39, 0.29) is 11.9 Å². The van der Waals surface area contributed by atoms with Gasteiger partial charge in [-0.15, -0.1) is 11.8 Å².